The molecule has 0 fully saturated rings. The number of hydrogen-bond donors (Lipinski definition) is 3. The van der Waals surface area contributed by atoms with E-state index in [0.29, 0.717) is 5.56 Å². The van der Waals surface area contributed by atoms with Gasteiger partial charge >= 0.3 is 0 Å². The zero-order valence-corrected chi connectivity index (χ0v) is 8.74. The van der Waals surface area contributed by atoms with Gasteiger partial charge in [-0.1, -0.05) is 6.07 Å². The highest BCUT2D eigenvalue weighted by Gasteiger charge is 2.13. The van der Waals surface area contributed by atoms with Gasteiger partial charge in [-0.25, -0.2) is 0 Å². The van der Waals surface area contributed by atoms with Gasteiger partial charge in [0, 0.05) is 16.5 Å². The van der Waals surface area contributed by atoms with Gasteiger partial charge in [0.25, 0.3) is 0 Å². The number of aromatic hydroxyl groups is 2. The third kappa shape index (κ3) is 1.95. The Morgan fingerprint density at radius 2 is 2.00 bits per heavy atom. The maximum atomic E-state index is 9.63. The summed E-state index contributed by atoms with van der Waals surface area (Å²) in [4.78, 5) is 0.982. The second kappa shape index (κ2) is 3.92. The average Bonchev–Trinajstić information content (AvgIpc) is 2.69. The topological polar surface area (TPSA) is 66.5 Å². The lowest BCUT2D eigenvalue weighted by Crippen LogP contribution is -2.10. The van der Waals surface area contributed by atoms with Crippen LogP contribution in [0.2, 0.25) is 0 Å². The van der Waals surface area contributed by atoms with Crippen molar-refractivity contribution in [3.8, 4) is 11.5 Å². The lowest BCUT2D eigenvalue weighted by Gasteiger charge is -2.11. The van der Waals surface area contributed by atoms with Crippen molar-refractivity contribution in [2.24, 2.45) is 5.73 Å². The van der Waals surface area contributed by atoms with E-state index in [2.05, 4.69) is 0 Å². The minimum Gasteiger partial charge on any atom is -0.508 e. The molecule has 0 spiro atoms. The summed E-state index contributed by atoms with van der Waals surface area (Å²) in [5, 5.41) is 20.7. The molecule has 1 atom stereocenters. The number of rotatable bonds is 2. The summed E-state index contributed by atoms with van der Waals surface area (Å²) in [5.41, 5.74) is 6.60. The number of nitrogens with two attached hydrogens (primary N) is 1. The normalized spacial score (nSPS) is 12.6. The quantitative estimate of drug-likeness (QED) is 0.728. The van der Waals surface area contributed by atoms with E-state index >= 15 is 0 Å². The summed E-state index contributed by atoms with van der Waals surface area (Å²) in [7, 11) is 0. The Labute approximate surface area is 91.4 Å². The lowest BCUT2D eigenvalue weighted by atomic mass is 10.1. The molecule has 1 heterocycles. The first-order chi connectivity index (χ1) is 7.18. The summed E-state index contributed by atoms with van der Waals surface area (Å²) in [6.07, 6.45) is 0. The van der Waals surface area contributed by atoms with Crippen LogP contribution in [-0.2, 0) is 0 Å². The van der Waals surface area contributed by atoms with Crippen molar-refractivity contribution in [3.05, 3.63) is 46.2 Å². The molecule has 0 saturated heterocycles. The van der Waals surface area contributed by atoms with Crippen molar-refractivity contribution in [1.82, 2.24) is 0 Å². The van der Waals surface area contributed by atoms with Gasteiger partial charge in [-0.2, -0.15) is 0 Å². The van der Waals surface area contributed by atoms with Gasteiger partial charge in [0.1, 0.15) is 11.5 Å². The number of hydrogen-bond acceptors (Lipinski definition) is 4. The number of phenolic OH excluding ortho intramolecular Hbond substituents is 2. The van der Waals surface area contributed by atoms with Crippen molar-refractivity contribution >= 4 is 11.3 Å². The number of phenols is 2. The molecule has 78 valence electrons. The molecule has 0 unspecified atom stereocenters. The van der Waals surface area contributed by atoms with E-state index in [9.17, 15) is 5.11 Å². The van der Waals surface area contributed by atoms with Gasteiger partial charge in [0.05, 0.1) is 6.04 Å². The summed E-state index contributed by atoms with van der Waals surface area (Å²) in [6, 6.07) is 7.94. The SMILES string of the molecule is N[C@@H](c1cccs1)c1ccc(O)cc1O. The maximum absolute atomic E-state index is 9.63. The van der Waals surface area contributed by atoms with Gasteiger partial charge in [0.15, 0.2) is 0 Å². The first-order valence-electron chi connectivity index (χ1n) is 4.49. The monoisotopic (exact) mass is 221 g/mol. The second-order valence-electron chi connectivity index (χ2n) is 3.24. The Morgan fingerprint density at radius 1 is 1.20 bits per heavy atom. The molecule has 0 bridgehead atoms. The molecule has 15 heavy (non-hydrogen) atoms. The van der Waals surface area contributed by atoms with Crippen LogP contribution >= 0.6 is 11.3 Å². The molecule has 2 rings (SSSR count). The van der Waals surface area contributed by atoms with Gasteiger partial charge in [-0.15, -0.1) is 11.3 Å². The van der Waals surface area contributed by atoms with Crippen LogP contribution in [0.1, 0.15) is 16.5 Å². The highest BCUT2D eigenvalue weighted by atomic mass is 32.1. The van der Waals surface area contributed by atoms with Crippen LogP contribution in [0.15, 0.2) is 35.7 Å². The fourth-order valence-corrected chi connectivity index (χ4v) is 2.16. The van der Waals surface area contributed by atoms with E-state index in [4.69, 9.17) is 10.8 Å². The van der Waals surface area contributed by atoms with Gasteiger partial charge in [-0.05, 0) is 23.6 Å². The summed E-state index contributed by atoms with van der Waals surface area (Å²) in [5.74, 6) is 0.0607. The number of thiophene rings is 1. The number of benzene rings is 1. The molecule has 3 nitrogen and oxygen atoms in total. The Balaban J connectivity index is 2.38. The highest BCUT2D eigenvalue weighted by molar-refractivity contribution is 7.10. The second-order valence-corrected chi connectivity index (χ2v) is 4.22. The average molecular weight is 221 g/mol. The van der Waals surface area contributed by atoms with Crippen molar-refractivity contribution < 1.29 is 10.2 Å². The Morgan fingerprint density at radius 3 is 2.60 bits per heavy atom. The molecule has 0 aliphatic heterocycles. The molecule has 0 saturated carbocycles. The summed E-state index contributed by atoms with van der Waals surface area (Å²) in [6.45, 7) is 0. The van der Waals surface area contributed by atoms with Crippen LogP contribution in [0.4, 0.5) is 0 Å². The molecule has 1 aromatic heterocycles. The standard InChI is InChI=1S/C11H11NO2S/c12-11(10-2-1-5-15-10)8-4-3-7(13)6-9(8)14/h1-6,11,13-14H,12H2/t11-/m1/s1. The molecule has 2 aromatic rings. The third-order valence-electron chi connectivity index (χ3n) is 2.20. The third-order valence-corrected chi connectivity index (χ3v) is 3.15. The van der Waals surface area contributed by atoms with E-state index in [1.165, 1.54) is 12.1 Å². The zero-order chi connectivity index (χ0) is 10.8. The molecule has 0 amide bonds. The van der Waals surface area contributed by atoms with Gasteiger partial charge in [-0.3, -0.25) is 0 Å². The minimum absolute atomic E-state index is 0.0240. The van der Waals surface area contributed by atoms with Crippen LogP contribution in [0.3, 0.4) is 0 Å². The van der Waals surface area contributed by atoms with E-state index in [1.54, 1.807) is 17.4 Å². The van der Waals surface area contributed by atoms with E-state index in [0.717, 1.165) is 4.88 Å². The zero-order valence-electron chi connectivity index (χ0n) is 7.92. The smallest absolute Gasteiger partial charge is 0.124 e. The molecule has 0 radical (unpaired) electrons. The largest absolute Gasteiger partial charge is 0.508 e. The van der Waals surface area contributed by atoms with Crippen LogP contribution < -0.4 is 5.73 Å². The molecule has 0 aliphatic rings. The van der Waals surface area contributed by atoms with Crippen LogP contribution in [-0.4, -0.2) is 10.2 Å². The van der Waals surface area contributed by atoms with Crippen LogP contribution in [0.5, 0.6) is 11.5 Å². The van der Waals surface area contributed by atoms with E-state index < -0.39 is 0 Å². The Kier molecular flexibility index (Phi) is 2.62. The summed E-state index contributed by atoms with van der Waals surface area (Å²) < 4.78 is 0. The minimum atomic E-state index is -0.342. The fraction of sp³-hybridized carbons (Fsp3) is 0.0909. The first-order valence-corrected chi connectivity index (χ1v) is 5.37. The van der Waals surface area contributed by atoms with E-state index in [-0.39, 0.29) is 17.5 Å². The maximum Gasteiger partial charge on any atom is 0.124 e. The molecule has 4 heteroatoms. The van der Waals surface area contributed by atoms with Crippen molar-refractivity contribution in [2.75, 3.05) is 0 Å². The molecule has 0 aliphatic carbocycles. The van der Waals surface area contributed by atoms with Crippen LogP contribution in [0.25, 0.3) is 0 Å². The molecular weight excluding hydrogens is 210 g/mol. The van der Waals surface area contributed by atoms with Crippen LogP contribution in [0, 0.1) is 0 Å². The van der Waals surface area contributed by atoms with E-state index in [1.807, 2.05) is 17.5 Å². The van der Waals surface area contributed by atoms with Crippen molar-refractivity contribution in [2.45, 2.75) is 6.04 Å². The molecule has 1 aromatic carbocycles. The molecular formula is C11H11NO2S. The van der Waals surface area contributed by atoms with Crippen molar-refractivity contribution in [3.63, 3.8) is 0 Å². The Hall–Kier alpha value is -1.52. The predicted octanol–water partition coefficient (Wildman–Crippen LogP) is 2.21. The highest BCUT2D eigenvalue weighted by Crippen LogP contribution is 2.31. The Bertz CT molecular complexity index is 454. The summed E-state index contributed by atoms with van der Waals surface area (Å²) >= 11 is 1.54. The predicted molar refractivity (Wildman–Crippen MR) is 60.1 cm³/mol. The van der Waals surface area contributed by atoms with Crippen molar-refractivity contribution in [1.29, 1.82) is 0 Å². The lowest BCUT2D eigenvalue weighted by molar-refractivity contribution is 0.444. The fourth-order valence-electron chi connectivity index (χ4n) is 1.42. The van der Waals surface area contributed by atoms with Gasteiger partial charge in [0.2, 0.25) is 0 Å². The van der Waals surface area contributed by atoms with Gasteiger partial charge < -0.3 is 15.9 Å². The first kappa shape index (κ1) is 10.0. The molecule has 4 N–H and O–H groups in total.